The van der Waals surface area contributed by atoms with E-state index in [1.807, 2.05) is 0 Å². The molecule has 0 fully saturated rings. The van der Waals surface area contributed by atoms with Crippen LogP contribution in [0.1, 0.15) is 50.3 Å². The Bertz CT molecular complexity index is 830. The second-order valence-corrected chi connectivity index (χ2v) is 6.81. The lowest BCUT2D eigenvalue weighted by Crippen LogP contribution is -2.30. The molecule has 0 saturated carbocycles. The zero-order chi connectivity index (χ0) is 21.6. The van der Waals surface area contributed by atoms with Gasteiger partial charge in [0, 0.05) is 0 Å². The van der Waals surface area contributed by atoms with Crippen molar-refractivity contribution in [2.45, 2.75) is 33.6 Å². The molecule has 1 rings (SSSR count). The summed E-state index contributed by atoms with van der Waals surface area (Å²) in [5, 5.41) is 17.9. The number of nitrogens with zero attached hydrogens (tertiary/aromatic N) is 2. The third-order valence-corrected chi connectivity index (χ3v) is 3.46. The van der Waals surface area contributed by atoms with Gasteiger partial charge in [-0.15, -0.1) is 0 Å². The van der Waals surface area contributed by atoms with Gasteiger partial charge in [0.1, 0.15) is 29.1 Å². The third kappa shape index (κ3) is 5.01. The number of nitriles is 2. The molecule has 0 heterocycles. The molecule has 6 nitrogen and oxygen atoms in total. The van der Waals surface area contributed by atoms with E-state index in [1.165, 1.54) is 12.1 Å². The fourth-order valence-electron chi connectivity index (χ4n) is 2.14. The first-order valence-corrected chi connectivity index (χ1v) is 8.40. The van der Waals surface area contributed by atoms with Crippen LogP contribution < -0.4 is 0 Å². The molecule has 0 aliphatic rings. The van der Waals surface area contributed by atoms with Crippen molar-refractivity contribution in [2.24, 2.45) is 11.8 Å². The minimum absolute atomic E-state index is 0.154. The van der Waals surface area contributed by atoms with E-state index in [-0.39, 0.29) is 25.0 Å². The molecule has 0 unspecified atom stereocenters. The first-order valence-electron chi connectivity index (χ1n) is 8.40. The smallest absolute Gasteiger partial charge is 0.325 e. The molecule has 0 bridgehead atoms. The summed E-state index contributed by atoms with van der Waals surface area (Å²) in [5.74, 6) is -10.8. The van der Waals surface area contributed by atoms with Crippen LogP contribution in [0, 0.1) is 51.9 Å². The molecule has 0 atom stereocenters. The van der Waals surface area contributed by atoms with Crippen LogP contribution >= 0.6 is 0 Å². The molecular weight excluding hydrogens is 377 g/mol. The van der Waals surface area contributed by atoms with E-state index in [9.17, 15) is 22.8 Å². The highest BCUT2D eigenvalue weighted by atomic mass is 19.2. The van der Waals surface area contributed by atoms with Crippen molar-refractivity contribution in [3.05, 3.63) is 34.1 Å². The van der Waals surface area contributed by atoms with Crippen LogP contribution in [0.3, 0.4) is 0 Å². The zero-order valence-electron chi connectivity index (χ0n) is 15.8. The van der Waals surface area contributed by atoms with Gasteiger partial charge in [-0.2, -0.15) is 10.5 Å². The van der Waals surface area contributed by atoms with Crippen LogP contribution in [-0.2, 0) is 19.1 Å². The average Bonchev–Trinajstić information content (AvgIpc) is 2.63. The van der Waals surface area contributed by atoms with Gasteiger partial charge in [-0.1, -0.05) is 27.7 Å². The Morgan fingerprint density at radius 1 is 0.821 bits per heavy atom. The van der Waals surface area contributed by atoms with Crippen molar-refractivity contribution in [1.82, 2.24) is 0 Å². The van der Waals surface area contributed by atoms with E-state index < -0.39 is 52.0 Å². The van der Waals surface area contributed by atoms with Crippen molar-refractivity contribution in [2.75, 3.05) is 13.2 Å². The Labute approximate surface area is 160 Å². The molecule has 0 aliphatic heterocycles. The van der Waals surface area contributed by atoms with Gasteiger partial charge in [-0.3, -0.25) is 9.59 Å². The fourth-order valence-corrected chi connectivity index (χ4v) is 2.14. The fraction of sp³-hybridized carbons (Fsp3) is 0.474. The second-order valence-electron chi connectivity index (χ2n) is 6.81. The normalized spacial score (nSPS) is 10.7. The Morgan fingerprint density at radius 2 is 1.21 bits per heavy atom. The molecule has 9 heteroatoms. The van der Waals surface area contributed by atoms with Crippen LogP contribution in [0.2, 0.25) is 0 Å². The first kappa shape index (κ1) is 23.0. The molecule has 0 aliphatic carbocycles. The highest BCUT2D eigenvalue weighted by molar-refractivity contribution is 6.01. The number of carbonyl (C=O) groups excluding carboxylic acids is 2. The summed E-state index contributed by atoms with van der Waals surface area (Å²) < 4.78 is 53.2. The number of carbonyl (C=O) groups is 2. The van der Waals surface area contributed by atoms with Gasteiger partial charge in [-0.25, -0.2) is 13.2 Å². The van der Waals surface area contributed by atoms with Crippen molar-refractivity contribution in [1.29, 1.82) is 10.5 Å². The third-order valence-electron chi connectivity index (χ3n) is 3.46. The van der Waals surface area contributed by atoms with Gasteiger partial charge >= 0.3 is 11.9 Å². The van der Waals surface area contributed by atoms with Crippen LogP contribution in [0.15, 0.2) is 0 Å². The largest absolute Gasteiger partial charge is 0.465 e. The summed E-state index contributed by atoms with van der Waals surface area (Å²) in [6, 6.07) is 2.44. The number of rotatable bonds is 7. The Hall–Kier alpha value is -3.07. The molecule has 1 aromatic carbocycles. The summed E-state index contributed by atoms with van der Waals surface area (Å²) in [5.41, 5.74) is -3.60. The van der Waals surface area contributed by atoms with Gasteiger partial charge in [-0.05, 0) is 11.8 Å². The molecule has 0 aromatic heterocycles. The number of hydrogen-bond acceptors (Lipinski definition) is 6. The highest BCUT2D eigenvalue weighted by Crippen LogP contribution is 2.32. The van der Waals surface area contributed by atoms with E-state index in [4.69, 9.17) is 20.0 Å². The Morgan fingerprint density at radius 3 is 1.57 bits per heavy atom. The van der Waals surface area contributed by atoms with Crippen molar-refractivity contribution < 1.29 is 32.2 Å². The zero-order valence-corrected chi connectivity index (χ0v) is 15.8. The van der Waals surface area contributed by atoms with E-state index in [0.717, 1.165) is 0 Å². The quantitative estimate of drug-likeness (QED) is 0.398. The molecular formula is C19H19F3N2O4. The molecule has 28 heavy (non-hydrogen) atoms. The SMILES string of the molecule is CC(C)COC(=O)C(C(=O)OCC(C)C)c1c(F)c(F)c(C#N)c(C#N)c1F. The van der Waals surface area contributed by atoms with E-state index >= 15 is 0 Å². The number of esters is 2. The summed E-state index contributed by atoms with van der Waals surface area (Å²) in [6.07, 6.45) is 0. The summed E-state index contributed by atoms with van der Waals surface area (Å²) in [6.45, 7) is 6.43. The van der Waals surface area contributed by atoms with Gasteiger partial charge in [0.05, 0.1) is 18.8 Å². The van der Waals surface area contributed by atoms with Gasteiger partial charge in [0.25, 0.3) is 0 Å². The molecule has 0 saturated heterocycles. The Balaban J connectivity index is 3.60. The van der Waals surface area contributed by atoms with Crippen LogP contribution in [0.5, 0.6) is 0 Å². The van der Waals surface area contributed by atoms with Crippen LogP contribution in [0.4, 0.5) is 13.2 Å². The van der Waals surface area contributed by atoms with E-state index in [1.54, 1.807) is 27.7 Å². The molecule has 150 valence electrons. The van der Waals surface area contributed by atoms with Crippen molar-refractivity contribution in [3.8, 4) is 12.1 Å². The lowest BCUT2D eigenvalue weighted by Gasteiger charge is -2.19. The highest BCUT2D eigenvalue weighted by Gasteiger charge is 2.40. The summed E-state index contributed by atoms with van der Waals surface area (Å²) in [4.78, 5) is 24.8. The number of benzene rings is 1. The number of halogens is 3. The van der Waals surface area contributed by atoms with Crippen molar-refractivity contribution >= 4 is 11.9 Å². The maximum atomic E-state index is 14.7. The van der Waals surface area contributed by atoms with Gasteiger partial charge in [0.2, 0.25) is 0 Å². The van der Waals surface area contributed by atoms with Gasteiger partial charge in [0.15, 0.2) is 17.6 Å². The average molecular weight is 396 g/mol. The van der Waals surface area contributed by atoms with E-state index in [0.29, 0.717) is 0 Å². The maximum Gasteiger partial charge on any atom is 0.325 e. The van der Waals surface area contributed by atoms with Crippen LogP contribution in [0.25, 0.3) is 0 Å². The van der Waals surface area contributed by atoms with Gasteiger partial charge < -0.3 is 9.47 Å². The predicted molar refractivity (Wildman–Crippen MR) is 90.1 cm³/mol. The molecule has 0 N–H and O–H groups in total. The minimum atomic E-state index is -2.29. The van der Waals surface area contributed by atoms with Crippen LogP contribution in [-0.4, -0.2) is 25.2 Å². The number of ether oxygens (including phenoxy) is 2. The monoisotopic (exact) mass is 396 g/mol. The lowest BCUT2D eigenvalue weighted by atomic mass is 9.93. The lowest BCUT2D eigenvalue weighted by molar-refractivity contribution is -0.159. The van der Waals surface area contributed by atoms with E-state index in [2.05, 4.69) is 0 Å². The summed E-state index contributed by atoms with van der Waals surface area (Å²) in [7, 11) is 0. The second kappa shape index (κ2) is 9.75. The topological polar surface area (TPSA) is 100 Å². The van der Waals surface area contributed by atoms with Crippen molar-refractivity contribution in [3.63, 3.8) is 0 Å². The Kier molecular flexibility index (Phi) is 8.00. The molecule has 0 amide bonds. The number of hydrogen-bond donors (Lipinski definition) is 0. The maximum absolute atomic E-state index is 14.7. The molecule has 1 aromatic rings. The first-order chi connectivity index (χ1) is 13.1. The molecule has 0 radical (unpaired) electrons. The predicted octanol–water partition coefficient (Wildman–Crippen LogP) is 3.33. The summed E-state index contributed by atoms with van der Waals surface area (Å²) >= 11 is 0. The standard InChI is InChI=1S/C19H19F3N2O4/c1-9(2)7-27-18(25)14(19(26)28-8-10(3)4)13-15(20)11(5-23)12(6-24)16(21)17(13)22/h9-10,14H,7-8H2,1-4H3. The molecule has 0 spiro atoms. The minimum Gasteiger partial charge on any atom is -0.465 e.